The lowest BCUT2D eigenvalue weighted by Gasteiger charge is -2.09. The molecule has 0 spiro atoms. The number of esters is 1. The number of benzene rings is 3. The van der Waals surface area contributed by atoms with Crippen LogP contribution in [0.3, 0.4) is 0 Å². The van der Waals surface area contributed by atoms with E-state index in [1.54, 1.807) is 30.3 Å². The standard InChI is InChI=1S/C24H20N2O5/c1-30-22(27)14-26-23(28)21(25-24(26)29)13-16-9-11-19(12-10-16)31-15-18-7-4-6-17-5-2-3-8-20(17)18/h2-13H,14-15H2,1H3,(H,25,29)/b21-13+. The fraction of sp³-hybridized carbons (Fsp3) is 0.125. The lowest BCUT2D eigenvalue weighted by atomic mass is 10.1. The smallest absolute Gasteiger partial charge is 0.329 e. The van der Waals surface area contributed by atoms with Gasteiger partial charge in [-0.05, 0) is 40.1 Å². The van der Waals surface area contributed by atoms with E-state index < -0.39 is 24.5 Å². The van der Waals surface area contributed by atoms with E-state index in [1.807, 2.05) is 24.3 Å². The van der Waals surface area contributed by atoms with Crippen LogP contribution in [0.5, 0.6) is 5.75 Å². The third-order valence-electron chi connectivity index (χ3n) is 4.94. The van der Waals surface area contributed by atoms with Gasteiger partial charge < -0.3 is 14.8 Å². The lowest BCUT2D eigenvalue weighted by Crippen LogP contribution is -2.36. The van der Waals surface area contributed by atoms with Crippen LogP contribution in [0, 0.1) is 0 Å². The van der Waals surface area contributed by atoms with Gasteiger partial charge in [0.1, 0.15) is 24.6 Å². The van der Waals surface area contributed by atoms with Gasteiger partial charge in [-0.3, -0.25) is 9.59 Å². The number of ether oxygens (including phenoxy) is 2. The Morgan fingerprint density at radius 3 is 2.52 bits per heavy atom. The Hall–Kier alpha value is -4.13. The molecule has 0 radical (unpaired) electrons. The molecular weight excluding hydrogens is 396 g/mol. The molecule has 1 heterocycles. The predicted molar refractivity (Wildman–Crippen MR) is 115 cm³/mol. The molecule has 3 aromatic rings. The van der Waals surface area contributed by atoms with Crippen LogP contribution in [0.1, 0.15) is 11.1 Å². The van der Waals surface area contributed by atoms with Crippen molar-refractivity contribution in [3.8, 4) is 5.75 Å². The van der Waals surface area contributed by atoms with Crippen LogP contribution in [0.25, 0.3) is 16.8 Å². The summed E-state index contributed by atoms with van der Waals surface area (Å²) in [4.78, 5) is 36.4. The Balaban J connectivity index is 1.43. The second kappa shape index (κ2) is 8.71. The molecule has 7 heteroatoms. The summed E-state index contributed by atoms with van der Waals surface area (Å²) in [6.45, 7) is -0.00171. The summed E-state index contributed by atoms with van der Waals surface area (Å²) in [6.07, 6.45) is 1.55. The first-order valence-corrected chi connectivity index (χ1v) is 9.66. The average Bonchev–Trinajstić information content (AvgIpc) is 3.05. The van der Waals surface area contributed by atoms with Crippen molar-refractivity contribution in [2.75, 3.05) is 13.7 Å². The second-order valence-corrected chi connectivity index (χ2v) is 6.95. The van der Waals surface area contributed by atoms with E-state index in [-0.39, 0.29) is 5.70 Å². The van der Waals surface area contributed by atoms with E-state index in [9.17, 15) is 14.4 Å². The Morgan fingerprint density at radius 1 is 1.00 bits per heavy atom. The van der Waals surface area contributed by atoms with Crippen molar-refractivity contribution in [1.29, 1.82) is 0 Å². The van der Waals surface area contributed by atoms with Crippen LogP contribution in [-0.4, -0.2) is 36.5 Å². The van der Waals surface area contributed by atoms with Gasteiger partial charge in [0.2, 0.25) is 0 Å². The van der Waals surface area contributed by atoms with Crippen molar-refractivity contribution in [2.24, 2.45) is 0 Å². The van der Waals surface area contributed by atoms with Crippen molar-refractivity contribution in [1.82, 2.24) is 10.2 Å². The molecule has 0 unspecified atom stereocenters. The molecule has 0 aromatic heterocycles. The number of carbonyl (C=O) groups excluding carboxylic acids is 3. The summed E-state index contributed by atoms with van der Waals surface area (Å²) in [7, 11) is 1.20. The van der Waals surface area contributed by atoms with Crippen LogP contribution in [0.4, 0.5) is 4.79 Å². The number of urea groups is 1. The topological polar surface area (TPSA) is 84.9 Å². The fourth-order valence-corrected chi connectivity index (χ4v) is 3.32. The number of carbonyl (C=O) groups is 3. The average molecular weight is 416 g/mol. The maximum atomic E-state index is 12.3. The van der Waals surface area contributed by atoms with Crippen molar-refractivity contribution < 1.29 is 23.9 Å². The van der Waals surface area contributed by atoms with Crippen molar-refractivity contribution in [2.45, 2.75) is 6.61 Å². The maximum Gasteiger partial charge on any atom is 0.329 e. The normalized spacial score (nSPS) is 14.7. The van der Waals surface area contributed by atoms with E-state index >= 15 is 0 Å². The fourth-order valence-electron chi connectivity index (χ4n) is 3.32. The van der Waals surface area contributed by atoms with Gasteiger partial charge in [-0.25, -0.2) is 9.69 Å². The van der Waals surface area contributed by atoms with Crippen LogP contribution < -0.4 is 10.1 Å². The molecular formula is C24H20N2O5. The Labute approximate surface area is 178 Å². The highest BCUT2D eigenvalue weighted by atomic mass is 16.5. The number of nitrogens with one attached hydrogen (secondary N) is 1. The number of amides is 3. The molecule has 156 valence electrons. The van der Waals surface area contributed by atoms with Crippen LogP contribution in [0.15, 0.2) is 72.4 Å². The summed E-state index contributed by atoms with van der Waals surface area (Å²) in [5.41, 5.74) is 1.90. The molecule has 0 saturated carbocycles. The molecule has 31 heavy (non-hydrogen) atoms. The largest absolute Gasteiger partial charge is 0.489 e. The SMILES string of the molecule is COC(=O)CN1C(=O)N/C(=C/c2ccc(OCc3cccc4ccccc34)cc2)C1=O. The van der Waals surface area contributed by atoms with Gasteiger partial charge in [0, 0.05) is 0 Å². The van der Waals surface area contributed by atoms with Gasteiger partial charge in [-0.15, -0.1) is 0 Å². The third kappa shape index (κ3) is 4.40. The van der Waals surface area contributed by atoms with E-state index in [1.165, 1.54) is 7.11 Å². The summed E-state index contributed by atoms with van der Waals surface area (Å²) in [5.74, 6) is -0.562. The summed E-state index contributed by atoms with van der Waals surface area (Å²) in [5, 5.41) is 4.78. The molecule has 1 N–H and O–H groups in total. The molecule has 7 nitrogen and oxygen atoms in total. The number of rotatable bonds is 6. The Bertz CT molecular complexity index is 1180. The zero-order valence-corrected chi connectivity index (χ0v) is 16.8. The van der Waals surface area contributed by atoms with Gasteiger partial charge in [0.05, 0.1) is 7.11 Å². The van der Waals surface area contributed by atoms with Crippen LogP contribution in [0.2, 0.25) is 0 Å². The van der Waals surface area contributed by atoms with Gasteiger partial charge >= 0.3 is 12.0 Å². The summed E-state index contributed by atoms with van der Waals surface area (Å²) in [6, 6.07) is 20.8. The third-order valence-corrected chi connectivity index (χ3v) is 4.94. The zero-order chi connectivity index (χ0) is 21.8. The van der Waals surface area contributed by atoms with Crippen molar-refractivity contribution in [3.05, 3.63) is 83.6 Å². The summed E-state index contributed by atoms with van der Waals surface area (Å²) < 4.78 is 10.4. The van der Waals surface area contributed by atoms with E-state index in [0.29, 0.717) is 17.9 Å². The van der Waals surface area contributed by atoms with Gasteiger partial charge in [0.25, 0.3) is 5.91 Å². The molecule has 1 saturated heterocycles. The highest BCUT2D eigenvalue weighted by molar-refractivity contribution is 6.15. The molecule has 4 rings (SSSR count). The Morgan fingerprint density at radius 2 is 1.74 bits per heavy atom. The van der Waals surface area contributed by atoms with Crippen molar-refractivity contribution in [3.63, 3.8) is 0 Å². The van der Waals surface area contributed by atoms with Crippen LogP contribution in [-0.2, 0) is 20.9 Å². The number of nitrogens with zero attached hydrogens (tertiary/aromatic N) is 1. The minimum Gasteiger partial charge on any atom is -0.489 e. The monoisotopic (exact) mass is 416 g/mol. The number of methoxy groups -OCH3 is 1. The highest BCUT2D eigenvalue weighted by Gasteiger charge is 2.35. The van der Waals surface area contributed by atoms with Gasteiger partial charge in [0.15, 0.2) is 0 Å². The highest BCUT2D eigenvalue weighted by Crippen LogP contribution is 2.22. The van der Waals surface area contributed by atoms with Crippen LogP contribution >= 0.6 is 0 Å². The van der Waals surface area contributed by atoms with Gasteiger partial charge in [-0.2, -0.15) is 0 Å². The summed E-state index contributed by atoms with van der Waals surface area (Å²) >= 11 is 0. The molecule has 3 amide bonds. The van der Waals surface area contributed by atoms with Crippen molar-refractivity contribution >= 4 is 34.8 Å². The first-order valence-electron chi connectivity index (χ1n) is 9.66. The first kappa shape index (κ1) is 20.2. The van der Waals surface area contributed by atoms with E-state index in [0.717, 1.165) is 21.2 Å². The predicted octanol–water partition coefficient (Wildman–Crippen LogP) is 3.48. The first-order chi connectivity index (χ1) is 15.0. The maximum absolute atomic E-state index is 12.3. The molecule has 1 aliphatic rings. The Kier molecular flexibility index (Phi) is 5.66. The molecule has 0 atom stereocenters. The van der Waals surface area contributed by atoms with Gasteiger partial charge in [-0.1, -0.05) is 54.6 Å². The van der Waals surface area contributed by atoms with E-state index in [4.69, 9.17) is 4.74 Å². The molecule has 3 aromatic carbocycles. The molecule has 0 bridgehead atoms. The number of hydrogen-bond donors (Lipinski definition) is 1. The zero-order valence-electron chi connectivity index (χ0n) is 16.8. The number of fused-ring (bicyclic) bond motifs is 1. The minimum atomic E-state index is -0.669. The quantitative estimate of drug-likeness (QED) is 0.378. The number of imide groups is 1. The minimum absolute atomic E-state index is 0.0957. The number of hydrogen-bond acceptors (Lipinski definition) is 5. The molecule has 1 aliphatic heterocycles. The second-order valence-electron chi connectivity index (χ2n) is 6.95. The lowest BCUT2D eigenvalue weighted by molar-refractivity contribution is -0.143. The molecule has 0 aliphatic carbocycles. The van der Waals surface area contributed by atoms with E-state index in [2.05, 4.69) is 28.3 Å². The molecule has 1 fully saturated rings.